The molecule has 0 spiro atoms. The second-order valence-electron chi connectivity index (χ2n) is 13.5. The van der Waals surface area contributed by atoms with Gasteiger partial charge in [-0.3, -0.25) is 9.69 Å². The Bertz CT molecular complexity index is 1710. The van der Waals surface area contributed by atoms with Gasteiger partial charge in [-0.25, -0.2) is 11.6 Å². The number of carbonyl (C=O) groups is 1. The molecule has 2 aromatic heterocycles. The highest BCUT2D eigenvalue weighted by molar-refractivity contribution is 5.88. The number of fused-ring (bicyclic) bond motifs is 3. The molecule has 0 bridgehead atoms. The summed E-state index contributed by atoms with van der Waals surface area (Å²) in [4.78, 5) is 37.8. The standard InChI is InChI=1S/C35H42N8O3/c1-5-29(44)43-17-16-41(21-24(43)20-37-4)32-30-26(38-33(40-32)45-22-35-12-8-14-42(35)15-9-13-35)19-27(46-34(30,2)3)31-25-11-7-6-10-23(25)18-28(36)39-31/h5-7,10-11,18,24,27H,1,8-9,12-17,19-22H2,2-3H3,(H2,36,39)/t24-,27?/m0/s1. The number of nitrogen functional groups attached to an aromatic ring is 1. The van der Waals surface area contributed by atoms with Crippen LogP contribution in [0.25, 0.3) is 15.6 Å². The molecule has 3 aromatic rings. The van der Waals surface area contributed by atoms with E-state index in [1.807, 2.05) is 38.1 Å². The number of pyridine rings is 1. The van der Waals surface area contributed by atoms with E-state index < -0.39 is 5.60 Å². The van der Waals surface area contributed by atoms with Crippen molar-refractivity contribution in [3.8, 4) is 6.01 Å². The third kappa shape index (κ3) is 5.33. The Morgan fingerprint density at radius 2 is 1.96 bits per heavy atom. The van der Waals surface area contributed by atoms with Gasteiger partial charge in [-0.15, -0.1) is 0 Å². The molecule has 11 heteroatoms. The fraction of sp³-hybridized carbons (Fsp3) is 0.514. The SMILES string of the molecule is [C-]#[N+]C[C@H]1CN(c2nc(OCC34CCCN3CCC4)nc3c2C(C)(C)OC(c2nc(N)cc4ccccc24)C3)CCN1C(=O)C=C. The van der Waals surface area contributed by atoms with Gasteiger partial charge in [0.1, 0.15) is 30.4 Å². The number of amides is 1. The zero-order valence-electron chi connectivity index (χ0n) is 26.7. The predicted octanol–water partition coefficient (Wildman–Crippen LogP) is 4.29. The molecule has 3 saturated heterocycles. The number of piperazine rings is 1. The van der Waals surface area contributed by atoms with Crippen molar-refractivity contribution in [2.75, 3.05) is 56.5 Å². The van der Waals surface area contributed by atoms with Crippen molar-refractivity contribution in [2.24, 2.45) is 0 Å². The van der Waals surface area contributed by atoms with E-state index in [-0.39, 0.29) is 30.1 Å². The summed E-state index contributed by atoms with van der Waals surface area (Å²) in [6.07, 6.45) is 6.03. The predicted molar refractivity (Wildman–Crippen MR) is 176 cm³/mol. The Balaban J connectivity index is 1.29. The summed E-state index contributed by atoms with van der Waals surface area (Å²) in [6, 6.07) is 10.0. The summed E-state index contributed by atoms with van der Waals surface area (Å²) >= 11 is 0. The maximum Gasteiger partial charge on any atom is 0.318 e. The van der Waals surface area contributed by atoms with E-state index >= 15 is 0 Å². The Labute approximate surface area is 270 Å². The number of nitrogens with zero attached hydrogens (tertiary/aromatic N) is 7. The highest BCUT2D eigenvalue weighted by Crippen LogP contribution is 2.46. The van der Waals surface area contributed by atoms with Crippen molar-refractivity contribution in [1.82, 2.24) is 24.8 Å². The van der Waals surface area contributed by atoms with E-state index in [9.17, 15) is 4.79 Å². The third-order valence-corrected chi connectivity index (χ3v) is 10.3. The number of nitrogens with two attached hydrogens (primary N) is 1. The Hall–Kier alpha value is -4.27. The van der Waals surface area contributed by atoms with Crippen LogP contribution in [0.1, 0.15) is 62.6 Å². The van der Waals surface area contributed by atoms with Crippen molar-refractivity contribution >= 4 is 28.3 Å². The maximum atomic E-state index is 12.7. The molecule has 4 aliphatic heterocycles. The summed E-state index contributed by atoms with van der Waals surface area (Å²) in [6.45, 7) is 19.8. The average molecular weight is 623 g/mol. The lowest BCUT2D eigenvalue weighted by molar-refractivity contribution is -0.128. The van der Waals surface area contributed by atoms with E-state index in [1.54, 1.807) is 4.90 Å². The number of aromatic nitrogens is 3. The van der Waals surface area contributed by atoms with Crippen LogP contribution in [0.2, 0.25) is 0 Å². The molecule has 4 aliphatic rings. The van der Waals surface area contributed by atoms with Crippen LogP contribution in [0.3, 0.4) is 0 Å². The Kier molecular flexibility index (Phi) is 7.81. The van der Waals surface area contributed by atoms with Crippen molar-refractivity contribution in [1.29, 1.82) is 0 Å². The quantitative estimate of drug-likeness (QED) is 0.305. The highest BCUT2D eigenvalue weighted by Gasteiger charge is 2.46. The summed E-state index contributed by atoms with van der Waals surface area (Å²) in [5, 5.41) is 2.01. The zero-order chi connectivity index (χ0) is 32.1. The summed E-state index contributed by atoms with van der Waals surface area (Å²) in [7, 11) is 0. The van der Waals surface area contributed by atoms with Gasteiger partial charge in [0.15, 0.2) is 0 Å². The topological polar surface area (TPSA) is 114 Å². The second kappa shape index (κ2) is 11.8. The molecule has 7 rings (SSSR count). The molecule has 3 fully saturated rings. The average Bonchev–Trinajstić information content (AvgIpc) is 3.63. The molecule has 0 saturated carbocycles. The molecule has 46 heavy (non-hydrogen) atoms. The minimum absolute atomic E-state index is 0.0478. The van der Waals surface area contributed by atoms with Gasteiger partial charge < -0.3 is 29.9 Å². The van der Waals surface area contributed by atoms with Crippen LogP contribution in [-0.2, 0) is 21.6 Å². The van der Waals surface area contributed by atoms with Crippen molar-refractivity contribution in [3.63, 3.8) is 0 Å². The summed E-state index contributed by atoms with van der Waals surface area (Å²) < 4.78 is 13.4. The lowest BCUT2D eigenvalue weighted by Crippen LogP contribution is -2.56. The molecule has 2 N–H and O–H groups in total. The van der Waals surface area contributed by atoms with Gasteiger partial charge >= 0.3 is 6.01 Å². The van der Waals surface area contributed by atoms with E-state index in [2.05, 4.69) is 27.3 Å². The van der Waals surface area contributed by atoms with Gasteiger partial charge in [0, 0.05) is 37.0 Å². The Morgan fingerprint density at radius 1 is 1.17 bits per heavy atom. The minimum Gasteiger partial charge on any atom is -0.461 e. The van der Waals surface area contributed by atoms with Gasteiger partial charge in [0.05, 0.1) is 22.5 Å². The molecule has 11 nitrogen and oxygen atoms in total. The van der Waals surface area contributed by atoms with Crippen LogP contribution in [0.5, 0.6) is 6.01 Å². The largest absolute Gasteiger partial charge is 0.461 e. The normalized spacial score (nSPS) is 23.5. The van der Waals surface area contributed by atoms with E-state index in [1.165, 1.54) is 18.9 Å². The van der Waals surface area contributed by atoms with E-state index in [0.717, 1.165) is 59.5 Å². The van der Waals surface area contributed by atoms with Crippen LogP contribution < -0.4 is 15.4 Å². The van der Waals surface area contributed by atoms with Gasteiger partial charge in [-0.1, -0.05) is 30.8 Å². The monoisotopic (exact) mass is 622 g/mol. The molecule has 240 valence electrons. The first kappa shape index (κ1) is 30.4. The molecule has 0 aliphatic carbocycles. The number of anilines is 2. The van der Waals surface area contributed by atoms with Crippen LogP contribution in [0.15, 0.2) is 43.0 Å². The van der Waals surface area contributed by atoms with Gasteiger partial charge in [-0.2, -0.15) is 9.97 Å². The first-order chi connectivity index (χ1) is 22.2. The molecule has 0 radical (unpaired) electrons. The number of benzene rings is 1. The fourth-order valence-corrected chi connectivity index (χ4v) is 8.18. The number of rotatable bonds is 7. The molecular formula is C35H42N8O3. The van der Waals surface area contributed by atoms with Crippen LogP contribution in [0, 0.1) is 6.57 Å². The van der Waals surface area contributed by atoms with Crippen molar-refractivity contribution in [3.05, 3.63) is 71.4 Å². The summed E-state index contributed by atoms with van der Waals surface area (Å²) in [5.74, 6) is 1.03. The van der Waals surface area contributed by atoms with Crippen LogP contribution >= 0.6 is 0 Å². The number of carbonyl (C=O) groups excluding carboxylic acids is 1. The molecular weight excluding hydrogens is 580 g/mol. The van der Waals surface area contributed by atoms with E-state index in [4.69, 9.17) is 36.7 Å². The molecule has 2 atom stereocenters. The minimum atomic E-state index is -0.782. The summed E-state index contributed by atoms with van der Waals surface area (Å²) in [5.41, 5.74) is 8.09. The zero-order valence-corrected chi connectivity index (χ0v) is 26.7. The number of hydrogen-bond acceptors (Lipinski definition) is 9. The smallest absolute Gasteiger partial charge is 0.318 e. The molecule has 1 unspecified atom stereocenters. The maximum absolute atomic E-state index is 12.7. The van der Waals surface area contributed by atoms with Gasteiger partial charge in [-0.05, 0) is 70.1 Å². The molecule has 1 aromatic carbocycles. The molecule has 1 amide bonds. The second-order valence-corrected chi connectivity index (χ2v) is 13.5. The first-order valence-electron chi connectivity index (χ1n) is 16.3. The number of ether oxygens (including phenoxy) is 2. The van der Waals surface area contributed by atoms with Crippen LogP contribution in [-0.4, -0.2) is 88.1 Å². The van der Waals surface area contributed by atoms with Gasteiger partial charge in [0.25, 0.3) is 0 Å². The van der Waals surface area contributed by atoms with Gasteiger partial charge in [0.2, 0.25) is 12.5 Å². The van der Waals surface area contributed by atoms with Crippen molar-refractivity contribution in [2.45, 2.75) is 69.2 Å². The van der Waals surface area contributed by atoms with E-state index in [0.29, 0.717) is 44.5 Å². The van der Waals surface area contributed by atoms with Crippen LogP contribution in [0.4, 0.5) is 11.6 Å². The highest BCUT2D eigenvalue weighted by atomic mass is 16.5. The fourth-order valence-electron chi connectivity index (χ4n) is 8.18. The lowest BCUT2D eigenvalue weighted by atomic mass is 9.88. The lowest BCUT2D eigenvalue weighted by Gasteiger charge is -2.43. The van der Waals surface area contributed by atoms with Crippen molar-refractivity contribution < 1.29 is 14.3 Å². The molecule has 6 heterocycles. The number of hydrogen-bond donors (Lipinski definition) is 1. The third-order valence-electron chi connectivity index (χ3n) is 10.3. The Morgan fingerprint density at radius 3 is 2.72 bits per heavy atom. The first-order valence-corrected chi connectivity index (χ1v) is 16.3.